The standard InChI is InChI=1S/C22H25FN4O2/c1-17(22(28)25-20-4-2-3-19(23)15-20)27-11-9-26(10-12-27)13-14-29-21-7-5-18(16-24)6-8-21/h2-8,15,17H,9-14H2,1H3,(H,25,28). The van der Waals surface area contributed by atoms with E-state index in [2.05, 4.69) is 21.2 Å². The molecule has 29 heavy (non-hydrogen) atoms. The van der Waals surface area contributed by atoms with Gasteiger partial charge in [0.2, 0.25) is 5.91 Å². The largest absolute Gasteiger partial charge is 0.492 e. The van der Waals surface area contributed by atoms with E-state index in [-0.39, 0.29) is 17.8 Å². The number of hydrogen-bond donors (Lipinski definition) is 1. The van der Waals surface area contributed by atoms with Crippen LogP contribution in [0.15, 0.2) is 48.5 Å². The van der Waals surface area contributed by atoms with Gasteiger partial charge >= 0.3 is 0 Å². The summed E-state index contributed by atoms with van der Waals surface area (Å²) in [6, 6.07) is 14.8. The van der Waals surface area contributed by atoms with Crippen molar-refractivity contribution in [2.24, 2.45) is 0 Å². The van der Waals surface area contributed by atoms with Crippen molar-refractivity contribution in [3.63, 3.8) is 0 Å². The van der Waals surface area contributed by atoms with Crippen LogP contribution < -0.4 is 10.1 Å². The zero-order valence-corrected chi connectivity index (χ0v) is 16.5. The number of halogens is 1. The van der Waals surface area contributed by atoms with E-state index >= 15 is 0 Å². The summed E-state index contributed by atoms with van der Waals surface area (Å²) in [6.45, 7) is 6.53. The third-order valence-electron chi connectivity index (χ3n) is 5.09. The van der Waals surface area contributed by atoms with Gasteiger partial charge in [0.25, 0.3) is 0 Å². The number of rotatable bonds is 7. The zero-order chi connectivity index (χ0) is 20.6. The highest BCUT2D eigenvalue weighted by Gasteiger charge is 2.25. The predicted octanol–water partition coefficient (Wildman–Crippen LogP) is 2.72. The van der Waals surface area contributed by atoms with Crippen LogP contribution in [-0.4, -0.2) is 61.1 Å². The summed E-state index contributed by atoms with van der Waals surface area (Å²) in [5.74, 6) is 0.255. The van der Waals surface area contributed by atoms with E-state index in [0.717, 1.165) is 38.5 Å². The molecule has 0 aliphatic carbocycles. The van der Waals surface area contributed by atoms with Crippen LogP contribution in [0.1, 0.15) is 12.5 Å². The molecule has 2 aromatic rings. The molecule has 1 N–H and O–H groups in total. The molecular weight excluding hydrogens is 371 g/mol. The van der Waals surface area contributed by atoms with E-state index < -0.39 is 0 Å². The van der Waals surface area contributed by atoms with Crippen molar-refractivity contribution in [3.8, 4) is 11.8 Å². The van der Waals surface area contributed by atoms with Gasteiger partial charge in [-0.25, -0.2) is 4.39 Å². The lowest BCUT2D eigenvalue weighted by Gasteiger charge is -2.37. The van der Waals surface area contributed by atoms with Crippen LogP contribution in [0.25, 0.3) is 0 Å². The molecule has 3 rings (SSSR count). The highest BCUT2D eigenvalue weighted by atomic mass is 19.1. The van der Waals surface area contributed by atoms with Gasteiger partial charge in [-0.3, -0.25) is 14.6 Å². The minimum atomic E-state index is -0.368. The molecule has 0 radical (unpaired) electrons. The average molecular weight is 396 g/mol. The van der Waals surface area contributed by atoms with Crippen LogP contribution in [0.5, 0.6) is 5.75 Å². The lowest BCUT2D eigenvalue weighted by Crippen LogP contribution is -2.53. The van der Waals surface area contributed by atoms with Gasteiger partial charge in [0.1, 0.15) is 18.2 Å². The molecular formula is C22H25FN4O2. The van der Waals surface area contributed by atoms with Crippen molar-refractivity contribution < 1.29 is 13.9 Å². The molecule has 1 saturated heterocycles. The Morgan fingerprint density at radius 3 is 2.59 bits per heavy atom. The summed E-state index contributed by atoms with van der Waals surface area (Å²) < 4.78 is 19.0. The zero-order valence-electron chi connectivity index (χ0n) is 16.5. The van der Waals surface area contributed by atoms with E-state index in [1.54, 1.807) is 36.4 Å². The number of piperazine rings is 1. The normalized spacial score (nSPS) is 16.0. The Labute approximate surface area is 170 Å². The Bertz CT molecular complexity index is 858. The Kier molecular flexibility index (Phi) is 7.17. The number of ether oxygens (including phenoxy) is 1. The first-order valence-corrected chi connectivity index (χ1v) is 9.71. The summed E-state index contributed by atoms with van der Waals surface area (Å²) in [5, 5.41) is 11.6. The SMILES string of the molecule is CC(C(=O)Nc1cccc(F)c1)N1CCN(CCOc2ccc(C#N)cc2)CC1. The molecule has 0 aromatic heterocycles. The molecule has 1 fully saturated rings. The van der Waals surface area contributed by atoms with Gasteiger partial charge in [0.15, 0.2) is 0 Å². The molecule has 1 aliphatic heterocycles. The predicted molar refractivity (Wildman–Crippen MR) is 109 cm³/mol. The number of nitrogens with one attached hydrogen (secondary N) is 1. The number of carbonyl (C=O) groups is 1. The lowest BCUT2D eigenvalue weighted by molar-refractivity contribution is -0.121. The molecule has 0 bridgehead atoms. The third kappa shape index (κ3) is 6.01. The Morgan fingerprint density at radius 1 is 1.21 bits per heavy atom. The van der Waals surface area contributed by atoms with Gasteiger partial charge in [0.05, 0.1) is 17.7 Å². The first-order valence-electron chi connectivity index (χ1n) is 9.71. The number of amides is 1. The van der Waals surface area contributed by atoms with Crippen LogP contribution in [-0.2, 0) is 4.79 Å². The second-order valence-corrected chi connectivity index (χ2v) is 7.04. The smallest absolute Gasteiger partial charge is 0.241 e. The van der Waals surface area contributed by atoms with Crippen molar-refractivity contribution in [2.75, 3.05) is 44.6 Å². The maximum absolute atomic E-state index is 13.3. The van der Waals surface area contributed by atoms with Gasteiger partial charge in [-0.15, -0.1) is 0 Å². The lowest BCUT2D eigenvalue weighted by atomic mass is 10.2. The molecule has 152 valence electrons. The third-order valence-corrected chi connectivity index (χ3v) is 5.09. The van der Waals surface area contributed by atoms with Gasteiger partial charge in [-0.05, 0) is 49.4 Å². The van der Waals surface area contributed by atoms with Crippen LogP contribution in [0.2, 0.25) is 0 Å². The van der Waals surface area contributed by atoms with Gasteiger partial charge in [0, 0.05) is 38.4 Å². The molecule has 1 heterocycles. The highest BCUT2D eigenvalue weighted by molar-refractivity contribution is 5.94. The molecule has 0 saturated carbocycles. The summed E-state index contributed by atoms with van der Waals surface area (Å²) in [5.41, 5.74) is 1.09. The van der Waals surface area contributed by atoms with Gasteiger partial charge < -0.3 is 10.1 Å². The Hall–Kier alpha value is -2.95. The molecule has 6 nitrogen and oxygen atoms in total. The quantitative estimate of drug-likeness (QED) is 0.779. The number of anilines is 1. The van der Waals surface area contributed by atoms with E-state index in [0.29, 0.717) is 17.9 Å². The first kappa shape index (κ1) is 20.8. The molecule has 1 aliphatic rings. The minimum absolute atomic E-state index is 0.131. The average Bonchev–Trinajstić information content (AvgIpc) is 2.74. The van der Waals surface area contributed by atoms with Crippen molar-refractivity contribution in [1.82, 2.24) is 9.80 Å². The van der Waals surface area contributed by atoms with Gasteiger partial charge in [-0.1, -0.05) is 6.07 Å². The van der Waals surface area contributed by atoms with Crippen molar-refractivity contribution >= 4 is 11.6 Å². The maximum atomic E-state index is 13.3. The van der Waals surface area contributed by atoms with Crippen molar-refractivity contribution in [2.45, 2.75) is 13.0 Å². The summed E-state index contributed by atoms with van der Waals surface area (Å²) in [6.07, 6.45) is 0. The van der Waals surface area contributed by atoms with E-state index in [1.165, 1.54) is 12.1 Å². The summed E-state index contributed by atoms with van der Waals surface area (Å²) in [4.78, 5) is 16.9. The monoisotopic (exact) mass is 396 g/mol. The van der Waals surface area contributed by atoms with Crippen LogP contribution >= 0.6 is 0 Å². The Balaban J connectivity index is 1.39. The van der Waals surface area contributed by atoms with E-state index in [9.17, 15) is 9.18 Å². The first-order chi connectivity index (χ1) is 14.0. The molecule has 2 aromatic carbocycles. The highest BCUT2D eigenvalue weighted by Crippen LogP contribution is 2.14. The summed E-state index contributed by atoms with van der Waals surface area (Å²) in [7, 11) is 0. The number of hydrogen-bond acceptors (Lipinski definition) is 5. The van der Waals surface area contributed by atoms with E-state index in [1.807, 2.05) is 6.92 Å². The molecule has 1 amide bonds. The fraction of sp³-hybridized carbons (Fsp3) is 0.364. The van der Waals surface area contributed by atoms with Crippen LogP contribution in [0.3, 0.4) is 0 Å². The topological polar surface area (TPSA) is 68.6 Å². The second kappa shape index (κ2) is 10.0. The molecule has 0 spiro atoms. The number of carbonyl (C=O) groups excluding carboxylic acids is 1. The molecule has 7 heteroatoms. The van der Waals surface area contributed by atoms with Crippen LogP contribution in [0.4, 0.5) is 10.1 Å². The number of nitrogens with zero attached hydrogens (tertiary/aromatic N) is 3. The second-order valence-electron chi connectivity index (χ2n) is 7.04. The maximum Gasteiger partial charge on any atom is 0.241 e. The van der Waals surface area contributed by atoms with Crippen molar-refractivity contribution in [1.29, 1.82) is 5.26 Å². The van der Waals surface area contributed by atoms with Gasteiger partial charge in [-0.2, -0.15) is 5.26 Å². The van der Waals surface area contributed by atoms with Crippen LogP contribution in [0, 0.1) is 17.1 Å². The molecule has 1 unspecified atom stereocenters. The Morgan fingerprint density at radius 2 is 1.93 bits per heavy atom. The van der Waals surface area contributed by atoms with Crippen molar-refractivity contribution in [3.05, 3.63) is 59.9 Å². The summed E-state index contributed by atoms with van der Waals surface area (Å²) >= 11 is 0. The number of benzene rings is 2. The fourth-order valence-corrected chi connectivity index (χ4v) is 3.27. The minimum Gasteiger partial charge on any atom is -0.492 e. The number of nitriles is 1. The molecule has 1 atom stereocenters. The van der Waals surface area contributed by atoms with E-state index in [4.69, 9.17) is 10.00 Å². The fourth-order valence-electron chi connectivity index (χ4n) is 3.27.